The highest BCUT2D eigenvalue weighted by Gasteiger charge is 2.17. The monoisotopic (exact) mass is 194 g/mol. The molecule has 1 N–H and O–H groups in total. The lowest BCUT2D eigenvalue weighted by atomic mass is 10.0. The Labute approximate surface area is 83.3 Å². The van der Waals surface area contributed by atoms with Gasteiger partial charge < -0.3 is 14.6 Å². The number of benzene rings is 1. The molecule has 1 aromatic rings. The van der Waals surface area contributed by atoms with Crippen LogP contribution in [0.25, 0.3) is 0 Å². The summed E-state index contributed by atoms with van der Waals surface area (Å²) in [4.78, 5) is 0. The molecule has 1 heterocycles. The summed E-state index contributed by atoms with van der Waals surface area (Å²) in [5, 5.41) is 8.97. The zero-order chi connectivity index (χ0) is 9.97. The van der Waals surface area contributed by atoms with Crippen molar-refractivity contribution in [1.82, 2.24) is 0 Å². The van der Waals surface area contributed by atoms with Crippen molar-refractivity contribution in [3.63, 3.8) is 0 Å². The van der Waals surface area contributed by atoms with Crippen LogP contribution in [0.5, 0.6) is 11.5 Å². The van der Waals surface area contributed by atoms with Crippen molar-refractivity contribution in [3.05, 3.63) is 23.8 Å². The van der Waals surface area contributed by atoms with E-state index >= 15 is 0 Å². The number of hydrogen-bond donors (Lipinski definition) is 1. The molecule has 3 nitrogen and oxygen atoms in total. The molecule has 0 saturated carbocycles. The van der Waals surface area contributed by atoms with Gasteiger partial charge in [-0.3, -0.25) is 0 Å². The van der Waals surface area contributed by atoms with Crippen LogP contribution in [-0.2, 0) is 6.42 Å². The highest BCUT2D eigenvalue weighted by molar-refractivity contribution is 5.48. The normalized spacial score (nSPS) is 15.6. The molecular weight excluding hydrogens is 180 g/mol. The minimum absolute atomic E-state index is 0.199. The topological polar surface area (TPSA) is 38.7 Å². The fourth-order valence-corrected chi connectivity index (χ4v) is 1.59. The molecule has 0 radical (unpaired) electrons. The van der Waals surface area contributed by atoms with E-state index in [9.17, 15) is 0 Å². The zero-order valence-electron chi connectivity index (χ0n) is 8.19. The van der Waals surface area contributed by atoms with Crippen molar-refractivity contribution in [2.75, 3.05) is 13.4 Å². The van der Waals surface area contributed by atoms with E-state index in [-0.39, 0.29) is 12.5 Å². The van der Waals surface area contributed by atoms with Gasteiger partial charge in [-0.1, -0.05) is 19.1 Å². The molecule has 14 heavy (non-hydrogen) atoms. The molecule has 76 valence electrons. The Bertz CT molecular complexity index is 322. The van der Waals surface area contributed by atoms with Crippen LogP contribution in [0.4, 0.5) is 0 Å². The van der Waals surface area contributed by atoms with Crippen LogP contribution in [-0.4, -0.2) is 18.5 Å². The Morgan fingerprint density at radius 3 is 3.07 bits per heavy atom. The first-order valence-electron chi connectivity index (χ1n) is 4.79. The van der Waals surface area contributed by atoms with Crippen LogP contribution in [0, 0.1) is 5.92 Å². The van der Waals surface area contributed by atoms with Crippen molar-refractivity contribution in [2.45, 2.75) is 13.3 Å². The molecule has 0 aromatic heterocycles. The summed E-state index contributed by atoms with van der Waals surface area (Å²) in [6.07, 6.45) is 0.822. The highest BCUT2D eigenvalue weighted by atomic mass is 16.7. The Hall–Kier alpha value is -1.22. The molecule has 2 rings (SSSR count). The molecule has 0 amide bonds. The number of hydrogen-bond acceptors (Lipinski definition) is 3. The van der Waals surface area contributed by atoms with Crippen molar-refractivity contribution >= 4 is 0 Å². The van der Waals surface area contributed by atoms with Crippen molar-refractivity contribution in [3.8, 4) is 11.5 Å². The molecule has 0 saturated heterocycles. The predicted molar refractivity (Wildman–Crippen MR) is 52.5 cm³/mol. The molecule has 0 fully saturated rings. The largest absolute Gasteiger partial charge is 0.454 e. The maximum atomic E-state index is 8.97. The van der Waals surface area contributed by atoms with Crippen LogP contribution >= 0.6 is 0 Å². The fraction of sp³-hybridized carbons (Fsp3) is 0.455. The van der Waals surface area contributed by atoms with Crippen LogP contribution in [0.2, 0.25) is 0 Å². The molecule has 1 aromatic carbocycles. The zero-order valence-corrected chi connectivity index (χ0v) is 8.19. The minimum atomic E-state index is 0.199. The third kappa shape index (κ3) is 1.68. The van der Waals surface area contributed by atoms with E-state index in [1.54, 1.807) is 0 Å². The number of para-hydroxylation sites is 1. The Balaban J connectivity index is 2.22. The van der Waals surface area contributed by atoms with Gasteiger partial charge in [0.05, 0.1) is 0 Å². The second-order valence-electron chi connectivity index (χ2n) is 3.64. The van der Waals surface area contributed by atoms with Crippen LogP contribution in [0.3, 0.4) is 0 Å². The summed E-state index contributed by atoms with van der Waals surface area (Å²) in [5.41, 5.74) is 1.11. The lowest BCUT2D eigenvalue weighted by molar-refractivity contribution is 0.172. The van der Waals surface area contributed by atoms with Gasteiger partial charge in [-0.2, -0.15) is 0 Å². The maximum Gasteiger partial charge on any atom is 0.231 e. The van der Waals surface area contributed by atoms with Crippen LogP contribution < -0.4 is 9.47 Å². The Kier molecular flexibility index (Phi) is 2.59. The first-order chi connectivity index (χ1) is 6.81. The van der Waals surface area contributed by atoms with Gasteiger partial charge >= 0.3 is 0 Å². The molecule has 0 spiro atoms. The van der Waals surface area contributed by atoms with Gasteiger partial charge in [-0.15, -0.1) is 0 Å². The summed E-state index contributed by atoms with van der Waals surface area (Å²) >= 11 is 0. The molecule has 1 aliphatic heterocycles. The minimum Gasteiger partial charge on any atom is -0.454 e. The van der Waals surface area contributed by atoms with Gasteiger partial charge in [-0.25, -0.2) is 0 Å². The third-order valence-electron chi connectivity index (χ3n) is 2.36. The van der Waals surface area contributed by atoms with Gasteiger partial charge in [0.25, 0.3) is 0 Å². The maximum absolute atomic E-state index is 8.97. The lowest BCUT2D eigenvalue weighted by Gasteiger charge is -2.09. The summed E-state index contributed by atoms with van der Waals surface area (Å²) in [6, 6.07) is 5.86. The standard InChI is InChI=1S/C11H14O3/c1-8(6-12)5-9-3-2-4-10-11(9)14-7-13-10/h2-4,8,12H,5-7H2,1H3. The molecule has 1 atom stereocenters. The lowest BCUT2D eigenvalue weighted by Crippen LogP contribution is -2.05. The summed E-state index contributed by atoms with van der Waals surface area (Å²) < 4.78 is 10.6. The Morgan fingerprint density at radius 2 is 2.29 bits per heavy atom. The second-order valence-corrected chi connectivity index (χ2v) is 3.64. The molecule has 0 aliphatic carbocycles. The van der Waals surface area contributed by atoms with Crippen LogP contribution in [0.15, 0.2) is 18.2 Å². The quantitative estimate of drug-likeness (QED) is 0.794. The highest BCUT2D eigenvalue weighted by Crippen LogP contribution is 2.36. The van der Waals surface area contributed by atoms with E-state index in [0.29, 0.717) is 6.79 Å². The van der Waals surface area contributed by atoms with Crippen molar-refractivity contribution < 1.29 is 14.6 Å². The Morgan fingerprint density at radius 1 is 1.43 bits per heavy atom. The van der Waals surface area contributed by atoms with E-state index in [1.165, 1.54) is 0 Å². The van der Waals surface area contributed by atoms with E-state index in [1.807, 2.05) is 25.1 Å². The van der Waals surface area contributed by atoms with Gasteiger partial charge in [-0.05, 0) is 24.0 Å². The van der Waals surface area contributed by atoms with E-state index in [2.05, 4.69) is 0 Å². The van der Waals surface area contributed by atoms with Gasteiger partial charge in [0.15, 0.2) is 11.5 Å². The molecule has 1 aliphatic rings. The average Bonchev–Trinajstić information content (AvgIpc) is 2.66. The number of aliphatic hydroxyl groups excluding tert-OH is 1. The molecular formula is C11H14O3. The first kappa shape index (κ1) is 9.34. The fourth-order valence-electron chi connectivity index (χ4n) is 1.59. The number of rotatable bonds is 3. The molecule has 1 unspecified atom stereocenters. The number of aliphatic hydroxyl groups is 1. The predicted octanol–water partition coefficient (Wildman–Crippen LogP) is 1.59. The third-order valence-corrected chi connectivity index (χ3v) is 2.36. The van der Waals surface area contributed by atoms with Crippen LogP contribution in [0.1, 0.15) is 12.5 Å². The first-order valence-corrected chi connectivity index (χ1v) is 4.79. The summed E-state index contributed by atoms with van der Waals surface area (Å²) in [5.74, 6) is 1.91. The number of fused-ring (bicyclic) bond motifs is 1. The van der Waals surface area contributed by atoms with E-state index in [0.717, 1.165) is 23.5 Å². The van der Waals surface area contributed by atoms with Gasteiger partial charge in [0.2, 0.25) is 6.79 Å². The molecule has 0 bridgehead atoms. The number of ether oxygens (including phenoxy) is 2. The molecule has 3 heteroatoms. The van der Waals surface area contributed by atoms with E-state index < -0.39 is 0 Å². The van der Waals surface area contributed by atoms with Gasteiger partial charge in [0, 0.05) is 6.61 Å². The van der Waals surface area contributed by atoms with Crippen molar-refractivity contribution in [1.29, 1.82) is 0 Å². The summed E-state index contributed by atoms with van der Waals surface area (Å²) in [6.45, 7) is 2.51. The summed E-state index contributed by atoms with van der Waals surface area (Å²) in [7, 11) is 0. The van der Waals surface area contributed by atoms with Gasteiger partial charge in [0.1, 0.15) is 0 Å². The second kappa shape index (κ2) is 3.88. The SMILES string of the molecule is CC(CO)Cc1cccc2c1OCO2. The van der Waals surface area contributed by atoms with Crippen molar-refractivity contribution in [2.24, 2.45) is 5.92 Å². The smallest absolute Gasteiger partial charge is 0.231 e. The average molecular weight is 194 g/mol. The van der Waals surface area contributed by atoms with E-state index in [4.69, 9.17) is 14.6 Å².